The fourth-order valence-corrected chi connectivity index (χ4v) is 9.92. The molecule has 7 N–H and O–H groups in total. The first kappa shape index (κ1) is 95.0. The Morgan fingerprint density at radius 1 is 0.478 bits per heavy atom. The molecule has 0 bridgehead atoms. The van der Waals surface area contributed by atoms with E-state index in [0.29, 0.717) is 11.1 Å². The van der Waals surface area contributed by atoms with Gasteiger partial charge >= 0.3 is 12.0 Å². The van der Waals surface area contributed by atoms with Gasteiger partial charge in [-0.25, -0.2) is 4.79 Å². The molecule has 1 aliphatic heterocycles. The number of benzene rings is 1. The van der Waals surface area contributed by atoms with Crippen LogP contribution in [0.3, 0.4) is 0 Å². The van der Waals surface area contributed by atoms with Crippen molar-refractivity contribution < 1.29 is 117 Å². The number of amides is 20. The Balaban J connectivity index is 1.94. The molecule has 0 spiro atoms. The van der Waals surface area contributed by atoms with Crippen molar-refractivity contribution in [2.24, 2.45) is 11.7 Å². The molecule has 0 saturated heterocycles. The summed E-state index contributed by atoms with van der Waals surface area (Å²) < 4.78 is 17.6. The van der Waals surface area contributed by atoms with Gasteiger partial charge < -0.3 is 105 Å². The Kier molecular flexibility index (Phi) is 40.2. The predicted octanol–water partition coefficient (Wildman–Crippen LogP) is -6.97. The van der Waals surface area contributed by atoms with Crippen molar-refractivity contribution in [2.75, 3.05) is 202 Å². The summed E-state index contributed by atoms with van der Waals surface area (Å²) in [5.41, 5.74) is 5.94. The number of carbonyl (C=O) groups is 21. The first-order valence-electron chi connectivity index (χ1n) is 35.8. The normalized spacial score (nSPS) is 12.0. The molecule has 43 heteroatoms. The Morgan fingerprint density at radius 3 is 1.17 bits per heavy atom. The highest BCUT2D eigenvalue weighted by molar-refractivity contribution is 6.13. The Morgan fingerprint density at radius 2 is 0.832 bits per heavy atom. The molecule has 0 radical (unpaired) electrons. The maximum absolute atomic E-state index is 14.0. The molecular formula is C70H107N19O24. The number of nitrogens with two attached hydrogens (primary N) is 1. The number of nitrogens with zero attached hydrogens (tertiary/aromatic N) is 14. The van der Waals surface area contributed by atoms with Crippen LogP contribution in [0.2, 0.25) is 0 Å². The van der Waals surface area contributed by atoms with Gasteiger partial charge in [0.2, 0.25) is 94.5 Å². The van der Waals surface area contributed by atoms with Crippen LogP contribution in [0.5, 0.6) is 0 Å². The number of hydrogen-bond acceptors (Lipinski definition) is 23. The number of urea groups is 1. The molecule has 0 fully saturated rings. The lowest BCUT2D eigenvalue weighted by Crippen LogP contribution is -2.54. The third kappa shape index (κ3) is 34.7. The number of hydrogen-bond donors (Lipinski definition) is 6. The summed E-state index contributed by atoms with van der Waals surface area (Å²) in [6.07, 6.45) is 0.00454. The summed E-state index contributed by atoms with van der Waals surface area (Å²) in [6, 6.07) is 1.04. The van der Waals surface area contributed by atoms with Crippen LogP contribution < -0.4 is 27.0 Å². The van der Waals surface area contributed by atoms with Gasteiger partial charge in [-0.2, -0.15) is 0 Å². The molecular weight excluding hydrogens is 1490 g/mol. The Bertz CT molecular complexity index is 3750. The lowest BCUT2D eigenvalue weighted by atomic mass is 10.0. The van der Waals surface area contributed by atoms with E-state index in [1.807, 2.05) is 0 Å². The molecule has 2 atom stereocenters. The van der Waals surface area contributed by atoms with Crippen LogP contribution in [0.15, 0.2) is 30.4 Å². The second kappa shape index (κ2) is 47.8. The molecule has 2 rings (SSSR count). The monoisotopic (exact) mass is 1600 g/mol. The lowest BCUT2D eigenvalue weighted by molar-refractivity contribution is -0.146. The fraction of sp³-hybridized carbons (Fsp3) is 0.586. The minimum Gasteiger partial charge on any atom is -0.481 e. The van der Waals surface area contributed by atoms with E-state index < -0.39 is 234 Å². The van der Waals surface area contributed by atoms with Crippen LogP contribution in [0, 0.1) is 5.92 Å². The zero-order valence-corrected chi connectivity index (χ0v) is 66.6. The number of rotatable bonds is 47. The van der Waals surface area contributed by atoms with E-state index in [1.54, 1.807) is 13.8 Å². The Labute approximate surface area is 655 Å². The van der Waals surface area contributed by atoms with Crippen molar-refractivity contribution in [3.63, 3.8) is 0 Å². The highest BCUT2D eigenvalue weighted by atomic mass is 16.5. The topological polar surface area (TPSA) is 517 Å². The number of anilines is 1. The van der Waals surface area contributed by atoms with Crippen molar-refractivity contribution in [2.45, 2.75) is 71.2 Å². The van der Waals surface area contributed by atoms with Crippen molar-refractivity contribution in [3.8, 4) is 0 Å². The molecule has 1 heterocycles. The van der Waals surface area contributed by atoms with Gasteiger partial charge in [0.1, 0.15) is 18.7 Å². The van der Waals surface area contributed by atoms with Gasteiger partial charge in [-0.3, -0.25) is 101 Å². The quantitative estimate of drug-likeness (QED) is 0.0201. The van der Waals surface area contributed by atoms with Gasteiger partial charge in [-0.1, -0.05) is 19.9 Å². The van der Waals surface area contributed by atoms with E-state index >= 15 is 0 Å². The Hall–Kier alpha value is -12.2. The molecule has 113 heavy (non-hydrogen) atoms. The number of likely N-dealkylation sites (N-methyl/N-ethyl adjacent to an activating group) is 13. The molecule has 0 saturated carbocycles. The van der Waals surface area contributed by atoms with E-state index in [9.17, 15) is 101 Å². The molecule has 0 aliphatic carbocycles. The van der Waals surface area contributed by atoms with Gasteiger partial charge in [0.15, 0.2) is 1.37 Å². The molecule has 20 amide bonds. The third-order valence-electron chi connectivity index (χ3n) is 17.4. The maximum atomic E-state index is 14.0. The van der Waals surface area contributed by atoms with Crippen LogP contribution in [-0.2, 0) is 119 Å². The van der Waals surface area contributed by atoms with E-state index in [2.05, 4.69) is 21.3 Å². The minimum absolute atomic E-state index is 0.0136. The first-order chi connectivity index (χ1) is 53.1. The number of carboxylic acids is 1. The zero-order chi connectivity index (χ0) is 86.7. The lowest BCUT2D eigenvalue weighted by Gasteiger charge is -2.28. The van der Waals surface area contributed by atoms with Crippen molar-refractivity contribution in [1.29, 1.82) is 0 Å². The van der Waals surface area contributed by atoms with Gasteiger partial charge in [-0.15, -0.1) is 0 Å². The first-order valence-corrected chi connectivity index (χ1v) is 35.3. The second-order valence-corrected chi connectivity index (χ2v) is 27.3. The largest absolute Gasteiger partial charge is 0.481 e. The average Bonchev–Trinajstić information content (AvgIpc) is 0.982. The van der Waals surface area contributed by atoms with Crippen molar-refractivity contribution in [1.82, 2.24) is 84.5 Å². The number of ether oxygens (including phenoxy) is 2. The average molecular weight is 1600 g/mol. The number of imide groups is 1. The third-order valence-corrected chi connectivity index (χ3v) is 17.4. The van der Waals surface area contributed by atoms with Crippen LogP contribution in [0.4, 0.5) is 10.5 Å². The van der Waals surface area contributed by atoms with E-state index in [0.717, 1.165) is 75.9 Å². The van der Waals surface area contributed by atoms with Crippen LogP contribution in [-0.4, -0.2) is 407 Å². The molecule has 0 aromatic heterocycles. The summed E-state index contributed by atoms with van der Waals surface area (Å²) in [5.74, 6) is -13.6. The van der Waals surface area contributed by atoms with Crippen LogP contribution in [0.1, 0.15) is 58.4 Å². The molecule has 1 aromatic carbocycles. The van der Waals surface area contributed by atoms with Gasteiger partial charge in [0.05, 0.1) is 105 Å². The standard InChI is InChI=1S/C70H107N19O24/c1-45(2)67(75-50(91)24-27-112-28-26-89-52(93)20-21-53(89)94)69(110)74-49(17-16-25-72-70(71)111)68(109)73-48-19-18-46(43-113-44-90)47(29-48)30-76(3)54(95)32-78(5)56(97)34-80(7)58(99)36-82(9)60(101)38-84(11)62(103)40-86(13)64(105)42-88(15)65(106)41-87(14)63(104)39-85(12)61(102)37-83(10)59(100)35-81(8)57(98)33-79(6)55(96)31-77(4)51(92)22-23-66(107)108/h18-21,29,44-45,49,67H,16-17,22-28,30-43H2,1-15H3,(H,73,109)(H,74,110)(H,75,91)(H,107,108)(H3,71,72,111)/t49-,67-/m0/s1/i44D. The molecule has 626 valence electrons. The summed E-state index contributed by atoms with van der Waals surface area (Å²) in [4.78, 5) is 282. The zero-order valence-electron chi connectivity index (χ0n) is 67.6. The van der Waals surface area contributed by atoms with Crippen molar-refractivity contribution >= 4 is 130 Å². The molecule has 1 aliphatic rings. The number of aliphatic carboxylic acids is 1. The summed E-state index contributed by atoms with van der Waals surface area (Å²) >= 11 is 0. The van der Waals surface area contributed by atoms with Gasteiger partial charge in [-0.05, 0) is 42.0 Å². The van der Waals surface area contributed by atoms with Crippen molar-refractivity contribution in [3.05, 3.63) is 41.5 Å². The number of carbonyl (C=O) groups excluding carboxylic acids is 20. The fourth-order valence-electron chi connectivity index (χ4n) is 9.92. The molecule has 1 aromatic rings. The second-order valence-electron chi connectivity index (χ2n) is 27.3. The summed E-state index contributed by atoms with van der Waals surface area (Å²) in [7, 11) is 16.7. The van der Waals surface area contributed by atoms with Crippen LogP contribution in [0.25, 0.3) is 0 Å². The number of nitrogens with one attached hydrogen (secondary N) is 4. The van der Waals surface area contributed by atoms with Gasteiger partial charge in [0.25, 0.3) is 18.3 Å². The minimum atomic E-state index is -1.37. The van der Waals surface area contributed by atoms with Crippen LogP contribution >= 0.6 is 0 Å². The van der Waals surface area contributed by atoms with E-state index in [-0.39, 0.29) is 64.2 Å². The molecule has 0 unspecified atom stereocenters. The number of carboxylic acid groups (broad SMARTS) is 1. The maximum Gasteiger partial charge on any atom is 0.312 e. The SMILES string of the molecule is [2H]C(=O)OCc1ccc(NC(=O)[C@H](CCCNC(N)=O)NC(=O)[C@@H](NC(=O)CCOCCN2C(=O)C=CC2=O)C(C)C)cc1CN(C)C(=O)CN(C)C(=O)CN(C)C(=O)CN(C)C(=O)CN(C)C(=O)CN(C)C(=O)CN(C)C(=O)CN(C)C(=O)CN(C)C(=O)CN(C)C(=O)CN(C)C(=O)CN(C)C(=O)CN(C)C(=O)CCC(=O)O. The highest BCUT2D eigenvalue weighted by Gasteiger charge is 2.32. The summed E-state index contributed by atoms with van der Waals surface area (Å²) in [5, 5.41) is 19.2. The highest BCUT2D eigenvalue weighted by Crippen LogP contribution is 2.21. The van der Waals surface area contributed by atoms with Gasteiger partial charge in [0, 0.05) is 135 Å². The van der Waals surface area contributed by atoms with E-state index in [4.69, 9.17) is 21.7 Å². The summed E-state index contributed by atoms with van der Waals surface area (Å²) in [6.45, 7) is -3.89. The number of primary amides is 1. The predicted molar refractivity (Wildman–Crippen MR) is 398 cm³/mol. The van der Waals surface area contributed by atoms with E-state index in [1.165, 1.54) is 115 Å². The molecule has 43 nitrogen and oxygen atoms in total. The smallest absolute Gasteiger partial charge is 0.312 e.